The Hall–Kier alpha value is -2.63. The standard InChI is InChI=1S/C22H24F2N2O5S2/c1-3-4-5-15-12-26(16-8-6-14(23)7-9-16)18-10-20(32-2)19(31-13-17(24)22(27)28)11-21(18)33(29,30)25-15/h6-11,13,15,25H,3-5,12H2,1-2H3,(H,27,28)/b17-13-/t15-/m0/s1. The van der Waals surface area contributed by atoms with Crippen molar-refractivity contribution in [1.82, 2.24) is 4.72 Å². The fourth-order valence-corrected chi connectivity index (χ4v) is 5.48. The maximum atomic E-state index is 13.6. The molecule has 7 nitrogen and oxygen atoms in total. The molecule has 33 heavy (non-hydrogen) atoms. The zero-order valence-electron chi connectivity index (χ0n) is 18.0. The van der Waals surface area contributed by atoms with Gasteiger partial charge in [-0.05, 0) is 43.0 Å². The van der Waals surface area contributed by atoms with Crippen molar-refractivity contribution in [3.05, 3.63) is 54.3 Å². The molecule has 178 valence electrons. The van der Waals surface area contributed by atoms with E-state index in [1.807, 2.05) is 6.92 Å². The molecule has 11 heteroatoms. The number of halogens is 2. The fourth-order valence-electron chi connectivity index (χ4n) is 3.48. The summed E-state index contributed by atoms with van der Waals surface area (Å²) in [4.78, 5) is 12.9. The molecule has 0 saturated heterocycles. The molecular formula is C22H24F2N2O5S2. The van der Waals surface area contributed by atoms with Crippen LogP contribution in [0.4, 0.5) is 20.2 Å². The Morgan fingerprint density at radius 2 is 2.03 bits per heavy atom. The third-order valence-electron chi connectivity index (χ3n) is 5.09. The quantitative estimate of drug-likeness (QED) is 0.306. The largest absolute Gasteiger partial charge is 0.476 e. The number of sulfonamides is 1. The van der Waals surface area contributed by atoms with Gasteiger partial charge in [-0.3, -0.25) is 0 Å². The zero-order valence-corrected chi connectivity index (χ0v) is 19.7. The van der Waals surface area contributed by atoms with Crippen LogP contribution >= 0.6 is 11.8 Å². The summed E-state index contributed by atoms with van der Waals surface area (Å²) < 4.78 is 61.4. The molecule has 0 aromatic heterocycles. The van der Waals surface area contributed by atoms with Crippen LogP contribution in [0.3, 0.4) is 0 Å². The predicted molar refractivity (Wildman–Crippen MR) is 123 cm³/mol. The van der Waals surface area contributed by atoms with Gasteiger partial charge in [0.2, 0.25) is 15.9 Å². The molecule has 0 fully saturated rings. The SMILES string of the molecule is CCCC[C@H]1CN(c2ccc(F)cc2)c2cc(SC)c(O/C=C(\F)C(=O)O)cc2S(=O)(=O)N1. The van der Waals surface area contributed by atoms with Crippen LogP contribution in [0.2, 0.25) is 0 Å². The summed E-state index contributed by atoms with van der Waals surface area (Å²) in [6, 6.07) is 8.17. The summed E-state index contributed by atoms with van der Waals surface area (Å²) in [5, 5.41) is 8.71. The summed E-state index contributed by atoms with van der Waals surface area (Å²) in [5.74, 6) is -3.74. The zero-order chi connectivity index (χ0) is 24.2. The maximum Gasteiger partial charge on any atom is 0.368 e. The molecule has 2 aromatic carbocycles. The second-order valence-corrected chi connectivity index (χ2v) is 9.94. The summed E-state index contributed by atoms with van der Waals surface area (Å²) in [5.41, 5.74) is 0.961. The number of hydrogen-bond acceptors (Lipinski definition) is 6. The second kappa shape index (κ2) is 10.5. The molecule has 0 unspecified atom stereocenters. The first-order valence-electron chi connectivity index (χ1n) is 10.2. The Labute approximate surface area is 195 Å². The van der Waals surface area contributed by atoms with E-state index in [2.05, 4.69) is 4.72 Å². The normalized spacial score (nSPS) is 17.9. The highest BCUT2D eigenvalue weighted by Gasteiger charge is 2.33. The first-order valence-corrected chi connectivity index (χ1v) is 12.9. The fraction of sp³-hybridized carbons (Fsp3) is 0.318. The van der Waals surface area contributed by atoms with E-state index in [0.29, 0.717) is 35.5 Å². The highest BCUT2D eigenvalue weighted by Crippen LogP contribution is 2.41. The number of carboxylic acid groups (broad SMARTS) is 1. The number of ether oxygens (including phenoxy) is 1. The molecule has 0 spiro atoms. The molecule has 2 aromatic rings. The van der Waals surface area contributed by atoms with E-state index < -0.39 is 33.7 Å². The van der Waals surface area contributed by atoms with Gasteiger partial charge < -0.3 is 14.7 Å². The molecule has 0 amide bonds. The van der Waals surface area contributed by atoms with E-state index >= 15 is 0 Å². The minimum absolute atomic E-state index is 0.00547. The van der Waals surface area contributed by atoms with Gasteiger partial charge in [0.1, 0.15) is 22.7 Å². The second-order valence-electron chi connectivity index (χ2n) is 7.41. The molecule has 2 N–H and O–H groups in total. The van der Waals surface area contributed by atoms with E-state index in [1.54, 1.807) is 29.4 Å². The molecule has 0 saturated carbocycles. The number of nitrogens with zero attached hydrogens (tertiary/aromatic N) is 1. The minimum Gasteiger partial charge on any atom is -0.476 e. The van der Waals surface area contributed by atoms with Crippen molar-refractivity contribution in [1.29, 1.82) is 0 Å². The molecule has 1 atom stereocenters. The number of hydrogen-bond donors (Lipinski definition) is 2. The van der Waals surface area contributed by atoms with Crippen molar-refractivity contribution < 1.29 is 31.8 Å². The number of rotatable bonds is 8. The average Bonchev–Trinajstić information content (AvgIpc) is 2.89. The van der Waals surface area contributed by atoms with Gasteiger partial charge >= 0.3 is 5.97 Å². The van der Waals surface area contributed by atoms with Crippen LogP contribution in [0.25, 0.3) is 0 Å². The number of aliphatic carboxylic acids is 1. The van der Waals surface area contributed by atoms with Gasteiger partial charge in [0.15, 0.2) is 0 Å². The van der Waals surface area contributed by atoms with Crippen molar-refractivity contribution >= 4 is 39.1 Å². The number of anilines is 2. The van der Waals surface area contributed by atoms with Crippen LogP contribution in [0.15, 0.2) is 58.3 Å². The summed E-state index contributed by atoms with van der Waals surface area (Å²) in [6.07, 6.45) is 4.44. The smallest absolute Gasteiger partial charge is 0.368 e. The Kier molecular flexibility index (Phi) is 7.98. The van der Waals surface area contributed by atoms with Crippen LogP contribution in [0, 0.1) is 5.82 Å². The van der Waals surface area contributed by atoms with Gasteiger partial charge in [-0.15, -0.1) is 11.8 Å². The first kappa shape index (κ1) is 25.0. The van der Waals surface area contributed by atoms with Crippen LogP contribution in [0.5, 0.6) is 5.75 Å². The Morgan fingerprint density at radius 1 is 1.33 bits per heavy atom. The number of carbonyl (C=O) groups is 1. The van der Waals surface area contributed by atoms with Crippen molar-refractivity contribution in [2.45, 2.75) is 42.0 Å². The molecule has 0 aliphatic carbocycles. The maximum absolute atomic E-state index is 13.6. The third kappa shape index (κ3) is 5.84. The molecular weight excluding hydrogens is 474 g/mol. The number of carboxylic acids is 1. The van der Waals surface area contributed by atoms with Gasteiger partial charge in [0, 0.05) is 24.3 Å². The summed E-state index contributed by atoms with van der Waals surface area (Å²) in [7, 11) is -4.00. The van der Waals surface area contributed by atoms with E-state index in [9.17, 15) is 22.0 Å². The number of benzene rings is 2. The Balaban J connectivity index is 2.17. The Morgan fingerprint density at radius 3 is 2.64 bits per heavy atom. The van der Waals surface area contributed by atoms with Crippen molar-refractivity contribution in [2.24, 2.45) is 0 Å². The average molecular weight is 499 g/mol. The van der Waals surface area contributed by atoms with Gasteiger partial charge in [0.05, 0.1) is 10.6 Å². The number of thioether (sulfide) groups is 1. The van der Waals surface area contributed by atoms with E-state index in [1.165, 1.54) is 30.0 Å². The molecule has 0 bridgehead atoms. The molecule has 0 radical (unpaired) electrons. The van der Waals surface area contributed by atoms with E-state index in [0.717, 1.165) is 12.8 Å². The van der Waals surface area contributed by atoms with Gasteiger partial charge in [-0.25, -0.2) is 22.3 Å². The van der Waals surface area contributed by atoms with Crippen LogP contribution < -0.4 is 14.4 Å². The molecule has 1 aliphatic rings. The van der Waals surface area contributed by atoms with Crippen molar-refractivity contribution in [2.75, 3.05) is 17.7 Å². The van der Waals surface area contributed by atoms with Crippen LogP contribution in [-0.4, -0.2) is 38.3 Å². The topological polar surface area (TPSA) is 95.9 Å². The molecule has 1 heterocycles. The van der Waals surface area contributed by atoms with E-state index in [4.69, 9.17) is 9.84 Å². The highest BCUT2D eigenvalue weighted by molar-refractivity contribution is 7.98. The lowest BCUT2D eigenvalue weighted by atomic mass is 10.1. The lowest BCUT2D eigenvalue weighted by Gasteiger charge is -2.27. The van der Waals surface area contributed by atoms with Crippen LogP contribution in [-0.2, 0) is 14.8 Å². The van der Waals surface area contributed by atoms with Crippen molar-refractivity contribution in [3.8, 4) is 5.75 Å². The monoisotopic (exact) mass is 498 g/mol. The predicted octanol–water partition coefficient (Wildman–Crippen LogP) is 4.81. The number of fused-ring (bicyclic) bond motifs is 1. The van der Waals surface area contributed by atoms with Gasteiger partial charge in [-0.1, -0.05) is 19.8 Å². The highest BCUT2D eigenvalue weighted by atomic mass is 32.2. The minimum atomic E-state index is -4.00. The third-order valence-corrected chi connectivity index (χ3v) is 7.40. The van der Waals surface area contributed by atoms with Gasteiger partial charge in [-0.2, -0.15) is 4.39 Å². The Bertz CT molecular complexity index is 1150. The van der Waals surface area contributed by atoms with Gasteiger partial charge in [0.25, 0.3) is 0 Å². The molecule has 3 rings (SSSR count). The lowest BCUT2D eigenvalue weighted by Crippen LogP contribution is -2.39. The summed E-state index contributed by atoms with van der Waals surface area (Å²) in [6.45, 7) is 2.33. The first-order chi connectivity index (χ1) is 15.7. The van der Waals surface area contributed by atoms with Crippen molar-refractivity contribution in [3.63, 3.8) is 0 Å². The number of nitrogens with one attached hydrogen (secondary N) is 1. The summed E-state index contributed by atoms with van der Waals surface area (Å²) >= 11 is 1.22. The lowest BCUT2D eigenvalue weighted by molar-refractivity contribution is -0.134. The molecule has 1 aliphatic heterocycles. The number of unbranched alkanes of at least 4 members (excludes halogenated alkanes) is 1. The van der Waals surface area contributed by atoms with Crippen LogP contribution in [0.1, 0.15) is 26.2 Å². The van der Waals surface area contributed by atoms with E-state index in [-0.39, 0.29) is 10.6 Å².